The van der Waals surface area contributed by atoms with E-state index in [2.05, 4.69) is 10.3 Å². The van der Waals surface area contributed by atoms with Gasteiger partial charge in [-0.3, -0.25) is 0 Å². The monoisotopic (exact) mass is 248 g/mol. The molecule has 1 N–H and O–H groups in total. The summed E-state index contributed by atoms with van der Waals surface area (Å²) in [5.41, 5.74) is 0. The standard InChI is InChI=1S/C9H13ClN2O2S/c1-5(2)7(8(13)14-3)12-9-11-6(10)4-15-9/h4-5,7H,1-3H3,(H,11,12). The molecule has 0 bridgehead atoms. The van der Waals surface area contributed by atoms with Crippen LogP contribution in [0.1, 0.15) is 13.8 Å². The van der Waals surface area contributed by atoms with Crippen LogP contribution in [0, 0.1) is 5.92 Å². The van der Waals surface area contributed by atoms with Crippen molar-refractivity contribution in [1.29, 1.82) is 0 Å². The van der Waals surface area contributed by atoms with Crippen molar-refractivity contribution in [2.24, 2.45) is 5.92 Å². The summed E-state index contributed by atoms with van der Waals surface area (Å²) in [6.07, 6.45) is 0. The van der Waals surface area contributed by atoms with E-state index in [0.717, 1.165) is 0 Å². The lowest BCUT2D eigenvalue weighted by Crippen LogP contribution is -2.35. The third-order valence-electron chi connectivity index (χ3n) is 1.88. The Bertz CT molecular complexity index is 341. The number of anilines is 1. The summed E-state index contributed by atoms with van der Waals surface area (Å²) >= 11 is 7.04. The minimum Gasteiger partial charge on any atom is -0.467 e. The van der Waals surface area contributed by atoms with Gasteiger partial charge in [-0.15, -0.1) is 11.3 Å². The Morgan fingerprint density at radius 1 is 1.67 bits per heavy atom. The Morgan fingerprint density at radius 3 is 2.73 bits per heavy atom. The number of esters is 1. The number of carbonyl (C=O) groups excluding carboxylic acids is 1. The van der Waals surface area contributed by atoms with E-state index >= 15 is 0 Å². The van der Waals surface area contributed by atoms with Crippen molar-refractivity contribution in [3.8, 4) is 0 Å². The van der Waals surface area contributed by atoms with E-state index in [9.17, 15) is 4.79 Å². The van der Waals surface area contributed by atoms with Gasteiger partial charge in [0.25, 0.3) is 0 Å². The van der Waals surface area contributed by atoms with Crippen LogP contribution in [0.25, 0.3) is 0 Å². The number of nitrogens with zero attached hydrogens (tertiary/aromatic N) is 1. The zero-order valence-corrected chi connectivity index (χ0v) is 10.4. The highest BCUT2D eigenvalue weighted by molar-refractivity contribution is 7.14. The molecule has 1 unspecified atom stereocenters. The molecule has 84 valence electrons. The summed E-state index contributed by atoms with van der Waals surface area (Å²) in [6.45, 7) is 3.87. The van der Waals surface area contributed by atoms with Gasteiger partial charge in [0.1, 0.15) is 11.2 Å². The van der Waals surface area contributed by atoms with Crippen LogP contribution in [-0.2, 0) is 9.53 Å². The highest BCUT2D eigenvalue weighted by Gasteiger charge is 2.23. The fourth-order valence-corrected chi connectivity index (χ4v) is 1.95. The van der Waals surface area contributed by atoms with Crippen molar-refractivity contribution in [2.75, 3.05) is 12.4 Å². The predicted molar refractivity (Wildman–Crippen MR) is 61.4 cm³/mol. The molecular formula is C9H13ClN2O2S. The lowest BCUT2D eigenvalue weighted by molar-refractivity contribution is -0.142. The second kappa shape index (κ2) is 5.32. The molecule has 1 aromatic rings. The first-order chi connectivity index (χ1) is 7.04. The van der Waals surface area contributed by atoms with Crippen LogP contribution >= 0.6 is 22.9 Å². The Morgan fingerprint density at radius 2 is 2.33 bits per heavy atom. The van der Waals surface area contributed by atoms with E-state index in [1.807, 2.05) is 13.8 Å². The molecule has 0 spiro atoms. The summed E-state index contributed by atoms with van der Waals surface area (Å²) in [5, 5.41) is 5.76. The minimum absolute atomic E-state index is 0.125. The maximum Gasteiger partial charge on any atom is 0.328 e. The summed E-state index contributed by atoms with van der Waals surface area (Å²) in [6, 6.07) is -0.391. The van der Waals surface area contributed by atoms with Crippen molar-refractivity contribution in [1.82, 2.24) is 4.98 Å². The summed E-state index contributed by atoms with van der Waals surface area (Å²) < 4.78 is 4.70. The normalized spacial score (nSPS) is 12.6. The number of methoxy groups -OCH3 is 1. The van der Waals surface area contributed by atoms with Crippen LogP contribution in [0.3, 0.4) is 0 Å². The van der Waals surface area contributed by atoms with E-state index in [-0.39, 0.29) is 11.9 Å². The van der Waals surface area contributed by atoms with Crippen molar-refractivity contribution >= 4 is 34.0 Å². The number of ether oxygens (including phenoxy) is 1. The Hall–Kier alpha value is -0.810. The number of hydrogen-bond acceptors (Lipinski definition) is 5. The van der Waals surface area contributed by atoms with Gasteiger partial charge in [0, 0.05) is 5.38 Å². The van der Waals surface area contributed by atoms with Gasteiger partial charge in [-0.1, -0.05) is 25.4 Å². The van der Waals surface area contributed by atoms with Crippen LogP contribution in [0.2, 0.25) is 5.15 Å². The molecule has 0 saturated carbocycles. The van der Waals surface area contributed by atoms with Crippen molar-refractivity contribution in [3.05, 3.63) is 10.5 Å². The number of rotatable bonds is 4. The second-order valence-corrected chi connectivity index (χ2v) is 4.61. The van der Waals surface area contributed by atoms with Gasteiger partial charge in [-0.05, 0) is 5.92 Å². The molecule has 1 atom stereocenters. The Kier molecular flexibility index (Phi) is 4.35. The first-order valence-corrected chi connectivity index (χ1v) is 5.75. The zero-order chi connectivity index (χ0) is 11.4. The molecule has 15 heavy (non-hydrogen) atoms. The molecule has 0 aliphatic rings. The number of aromatic nitrogens is 1. The summed E-state index contributed by atoms with van der Waals surface area (Å²) in [7, 11) is 1.37. The van der Waals surface area contributed by atoms with Gasteiger partial charge in [0.15, 0.2) is 5.13 Å². The molecule has 0 saturated heterocycles. The average molecular weight is 249 g/mol. The quantitative estimate of drug-likeness (QED) is 0.832. The van der Waals surface area contributed by atoms with Gasteiger partial charge < -0.3 is 10.1 Å². The molecule has 1 rings (SSSR count). The van der Waals surface area contributed by atoms with Crippen LogP contribution < -0.4 is 5.32 Å². The van der Waals surface area contributed by atoms with E-state index in [0.29, 0.717) is 10.3 Å². The molecule has 1 aromatic heterocycles. The van der Waals surface area contributed by atoms with Gasteiger partial charge in [0.05, 0.1) is 7.11 Å². The molecule has 0 radical (unpaired) electrons. The second-order valence-electron chi connectivity index (χ2n) is 3.36. The largest absolute Gasteiger partial charge is 0.467 e. The van der Waals surface area contributed by atoms with Gasteiger partial charge in [-0.2, -0.15) is 0 Å². The summed E-state index contributed by atoms with van der Waals surface area (Å²) in [4.78, 5) is 15.4. The summed E-state index contributed by atoms with van der Waals surface area (Å²) in [5.74, 6) is -0.170. The molecule has 4 nitrogen and oxygen atoms in total. The van der Waals surface area contributed by atoms with E-state index in [4.69, 9.17) is 16.3 Å². The maximum atomic E-state index is 11.4. The number of halogens is 1. The van der Waals surface area contributed by atoms with Gasteiger partial charge in [0.2, 0.25) is 0 Å². The first kappa shape index (κ1) is 12.3. The molecule has 0 fully saturated rings. The Labute approximate surface area is 97.6 Å². The fraction of sp³-hybridized carbons (Fsp3) is 0.556. The van der Waals surface area contributed by atoms with E-state index in [1.54, 1.807) is 5.38 Å². The Balaban J connectivity index is 2.71. The lowest BCUT2D eigenvalue weighted by atomic mass is 10.1. The van der Waals surface area contributed by atoms with E-state index < -0.39 is 6.04 Å². The highest BCUT2D eigenvalue weighted by Crippen LogP contribution is 2.21. The molecule has 0 aromatic carbocycles. The predicted octanol–water partition coefficient (Wildman–Crippen LogP) is 2.41. The van der Waals surface area contributed by atoms with Gasteiger partial charge >= 0.3 is 5.97 Å². The van der Waals surface area contributed by atoms with Crippen LogP contribution in [-0.4, -0.2) is 24.1 Å². The lowest BCUT2D eigenvalue weighted by Gasteiger charge is -2.18. The highest BCUT2D eigenvalue weighted by atomic mass is 35.5. The molecule has 0 amide bonds. The van der Waals surface area contributed by atoms with Crippen molar-refractivity contribution in [3.63, 3.8) is 0 Å². The van der Waals surface area contributed by atoms with Crippen LogP contribution in [0.4, 0.5) is 5.13 Å². The molecular weight excluding hydrogens is 236 g/mol. The average Bonchev–Trinajstić information content (AvgIpc) is 2.59. The first-order valence-electron chi connectivity index (χ1n) is 4.50. The molecule has 6 heteroatoms. The van der Waals surface area contributed by atoms with Crippen molar-refractivity contribution in [2.45, 2.75) is 19.9 Å². The smallest absolute Gasteiger partial charge is 0.328 e. The maximum absolute atomic E-state index is 11.4. The van der Waals surface area contributed by atoms with Gasteiger partial charge in [-0.25, -0.2) is 9.78 Å². The number of thiazole rings is 1. The third-order valence-corrected chi connectivity index (χ3v) is 2.97. The molecule has 0 aliphatic heterocycles. The SMILES string of the molecule is COC(=O)C(Nc1nc(Cl)cs1)C(C)C. The molecule has 1 heterocycles. The van der Waals surface area contributed by atoms with Crippen molar-refractivity contribution < 1.29 is 9.53 Å². The topological polar surface area (TPSA) is 51.2 Å². The van der Waals surface area contributed by atoms with E-state index in [1.165, 1.54) is 18.4 Å². The third kappa shape index (κ3) is 3.35. The van der Waals surface area contributed by atoms with Crippen LogP contribution in [0.15, 0.2) is 5.38 Å². The number of hydrogen-bond donors (Lipinski definition) is 1. The minimum atomic E-state index is -0.391. The van der Waals surface area contributed by atoms with Crippen LogP contribution in [0.5, 0.6) is 0 Å². The fourth-order valence-electron chi connectivity index (χ4n) is 1.08. The zero-order valence-electron chi connectivity index (χ0n) is 8.78. The number of nitrogens with one attached hydrogen (secondary N) is 1. The number of carbonyl (C=O) groups is 1. The molecule has 0 aliphatic carbocycles.